The van der Waals surface area contributed by atoms with Gasteiger partial charge in [0.2, 0.25) is 5.95 Å². The molecule has 0 aliphatic carbocycles. The van der Waals surface area contributed by atoms with E-state index in [2.05, 4.69) is 20.4 Å². The highest BCUT2D eigenvalue weighted by Crippen LogP contribution is 2.11. The van der Waals surface area contributed by atoms with E-state index in [0.717, 1.165) is 5.69 Å². The fourth-order valence-corrected chi connectivity index (χ4v) is 1.24. The third kappa shape index (κ3) is 1.88. The minimum atomic E-state index is 0.227. The Bertz CT molecular complexity index is 475. The van der Waals surface area contributed by atoms with Crippen molar-refractivity contribution in [2.24, 2.45) is 0 Å². The fraction of sp³-hybridized carbons (Fsp3) is 0.222. The minimum Gasteiger partial charge on any atom is -0.373 e. The molecule has 0 unspecified atom stereocenters. The lowest BCUT2D eigenvalue weighted by Crippen LogP contribution is -2.05. The number of hydrogen-bond acceptors (Lipinski definition) is 5. The number of anilines is 2. The van der Waals surface area contributed by atoms with Crippen molar-refractivity contribution >= 4 is 11.8 Å². The zero-order valence-corrected chi connectivity index (χ0v) is 8.60. The van der Waals surface area contributed by atoms with Crippen molar-refractivity contribution in [3.05, 3.63) is 24.0 Å². The van der Waals surface area contributed by atoms with Gasteiger partial charge in [0.05, 0.1) is 5.69 Å². The molecule has 78 valence electrons. The molecule has 3 N–H and O–H groups in total. The van der Waals surface area contributed by atoms with Crippen molar-refractivity contribution in [2.45, 2.75) is 6.92 Å². The molecule has 0 saturated carbocycles. The molecule has 15 heavy (non-hydrogen) atoms. The van der Waals surface area contributed by atoms with Gasteiger partial charge in [-0.15, -0.1) is 0 Å². The Morgan fingerprint density at radius 2 is 2.20 bits per heavy atom. The van der Waals surface area contributed by atoms with Gasteiger partial charge in [-0.3, -0.25) is 0 Å². The van der Waals surface area contributed by atoms with Crippen LogP contribution < -0.4 is 11.1 Å². The summed E-state index contributed by atoms with van der Waals surface area (Å²) in [7, 11) is 1.78. The van der Waals surface area contributed by atoms with Crippen molar-refractivity contribution in [2.75, 3.05) is 18.1 Å². The van der Waals surface area contributed by atoms with Crippen molar-refractivity contribution < 1.29 is 0 Å². The molecular weight excluding hydrogens is 192 g/mol. The van der Waals surface area contributed by atoms with Gasteiger partial charge in [0.1, 0.15) is 5.82 Å². The van der Waals surface area contributed by atoms with Crippen LogP contribution in [0.2, 0.25) is 0 Å². The fourth-order valence-electron chi connectivity index (χ4n) is 1.24. The Kier molecular flexibility index (Phi) is 2.24. The van der Waals surface area contributed by atoms with Crippen LogP contribution in [0.25, 0.3) is 5.82 Å². The number of rotatable bonds is 2. The minimum absolute atomic E-state index is 0.227. The van der Waals surface area contributed by atoms with Crippen LogP contribution in [0.3, 0.4) is 0 Å². The SMILES string of the molecule is CNc1cc(-n2ccc(C)n2)nc(N)n1. The molecular formula is C9H12N6. The zero-order chi connectivity index (χ0) is 10.8. The third-order valence-corrected chi connectivity index (χ3v) is 1.94. The van der Waals surface area contributed by atoms with Gasteiger partial charge in [-0.05, 0) is 13.0 Å². The highest BCUT2D eigenvalue weighted by atomic mass is 15.3. The van der Waals surface area contributed by atoms with Crippen molar-refractivity contribution in [3.63, 3.8) is 0 Å². The van der Waals surface area contributed by atoms with E-state index >= 15 is 0 Å². The molecule has 2 aromatic heterocycles. The standard InChI is InChI=1S/C9H12N6/c1-6-3-4-15(14-6)8-5-7(11-2)12-9(10)13-8/h3-5H,1-2H3,(H3,10,11,12,13). The third-order valence-electron chi connectivity index (χ3n) is 1.94. The van der Waals surface area contributed by atoms with Crippen LogP contribution in [0, 0.1) is 6.92 Å². The summed E-state index contributed by atoms with van der Waals surface area (Å²) >= 11 is 0. The summed E-state index contributed by atoms with van der Waals surface area (Å²) in [5.74, 6) is 1.55. The summed E-state index contributed by atoms with van der Waals surface area (Å²) in [6.07, 6.45) is 1.83. The van der Waals surface area contributed by atoms with Gasteiger partial charge in [-0.2, -0.15) is 15.1 Å². The molecule has 0 bridgehead atoms. The van der Waals surface area contributed by atoms with Crippen LogP contribution >= 0.6 is 0 Å². The number of nitrogens with two attached hydrogens (primary N) is 1. The van der Waals surface area contributed by atoms with Crippen LogP contribution in [0.4, 0.5) is 11.8 Å². The molecule has 2 rings (SSSR count). The van der Waals surface area contributed by atoms with E-state index in [1.165, 1.54) is 0 Å². The number of hydrogen-bond donors (Lipinski definition) is 2. The van der Waals surface area contributed by atoms with Crippen LogP contribution in [-0.4, -0.2) is 26.8 Å². The maximum atomic E-state index is 5.58. The highest BCUT2D eigenvalue weighted by molar-refractivity contribution is 5.44. The average molecular weight is 204 g/mol. The van der Waals surface area contributed by atoms with Gasteiger partial charge in [0.25, 0.3) is 0 Å². The molecule has 2 aromatic rings. The van der Waals surface area contributed by atoms with Crippen molar-refractivity contribution in [1.82, 2.24) is 19.7 Å². The Morgan fingerprint density at radius 1 is 1.40 bits per heavy atom. The molecule has 0 aromatic carbocycles. The van der Waals surface area contributed by atoms with E-state index < -0.39 is 0 Å². The van der Waals surface area contributed by atoms with Gasteiger partial charge in [-0.25, -0.2) is 4.68 Å². The number of aromatic nitrogens is 4. The van der Waals surface area contributed by atoms with Gasteiger partial charge in [-0.1, -0.05) is 0 Å². The van der Waals surface area contributed by atoms with E-state index in [1.807, 2.05) is 19.2 Å². The van der Waals surface area contributed by atoms with Gasteiger partial charge >= 0.3 is 0 Å². The summed E-state index contributed by atoms with van der Waals surface area (Å²) in [4.78, 5) is 8.09. The average Bonchev–Trinajstić information content (AvgIpc) is 2.64. The summed E-state index contributed by atoms with van der Waals surface area (Å²) in [5.41, 5.74) is 6.50. The Hall–Kier alpha value is -2.11. The van der Waals surface area contributed by atoms with Crippen LogP contribution in [-0.2, 0) is 0 Å². The van der Waals surface area contributed by atoms with Crippen molar-refractivity contribution in [3.8, 4) is 5.82 Å². The summed E-state index contributed by atoms with van der Waals surface area (Å²) in [5, 5.41) is 7.15. The first-order chi connectivity index (χ1) is 7.19. The van der Waals surface area contributed by atoms with Crippen molar-refractivity contribution in [1.29, 1.82) is 0 Å². The second kappa shape index (κ2) is 3.56. The molecule has 2 heterocycles. The van der Waals surface area contributed by atoms with Crippen LogP contribution in [0.5, 0.6) is 0 Å². The Morgan fingerprint density at radius 3 is 2.80 bits per heavy atom. The molecule has 0 atom stereocenters. The topological polar surface area (TPSA) is 81.7 Å². The van der Waals surface area contributed by atoms with E-state index in [-0.39, 0.29) is 5.95 Å². The molecule has 0 amide bonds. The number of nitrogens with zero attached hydrogens (tertiary/aromatic N) is 4. The molecule has 0 aliphatic rings. The van der Waals surface area contributed by atoms with Gasteiger partial charge < -0.3 is 11.1 Å². The molecule has 6 nitrogen and oxygen atoms in total. The van der Waals surface area contributed by atoms with Crippen LogP contribution in [0.15, 0.2) is 18.3 Å². The molecule has 0 radical (unpaired) electrons. The maximum absolute atomic E-state index is 5.58. The second-order valence-corrected chi connectivity index (χ2v) is 3.12. The first-order valence-electron chi connectivity index (χ1n) is 4.54. The lowest BCUT2D eigenvalue weighted by Gasteiger charge is -2.04. The van der Waals surface area contributed by atoms with E-state index in [0.29, 0.717) is 11.6 Å². The van der Waals surface area contributed by atoms with Gasteiger partial charge in [0, 0.05) is 19.3 Å². The first-order valence-corrected chi connectivity index (χ1v) is 4.54. The first kappa shape index (κ1) is 9.45. The Labute approximate surface area is 87.2 Å². The van der Waals surface area contributed by atoms with E-state index in [4.69, 9.17) is 5.73 Å². The predicted octanol–water partition coefficient (Wildman–Crippen LogP) is 0.595. The quantitative estimate of drug-likeness (QED) is 0.748. The number of aryl methyl sites for hydroxylation is 1. The number of nitrogen functional groups attached to an aromatic ring is 1. The van der Waals surface area contributed by atoms with E-state index in [9.17, 15) is 0 Å². The maximum Gasteiger partial charge on any atom is 0.224 e. The zero-order valence-electron chi connectivity index (χ0n) is 8.60. The normalized spacial score (nSPS) is 10.3. The molecule has 0 spiro atoms. The number of nitrogens with one attached hydrogen (secondary N) is 1. The van der Waals surface area contributed by atoms with Crippen LogP contribution in [0.1, 0.15) is 5.69 Å². The summed E-state index contributed by atoms with van der Waals surface area (Å²) in [6.45, 7) is 1.92. The summed E-state index contributed by atoms with van der Waals surface area (Å²) < 4.78 is 1.66. The lowest BCUT2D eigenvalue weighted by molar-refractivity contribution is 0.829. The lowest BCUT2D eigenvalue weighted by atomic mass is 10.5. The highest BCUT2D eigenvalue weighted by Gasteiger charge is 2.03. The largest absolute Gasteiger partial charge is 0.373 e. The molecule has 0 saturated heterocycles. The Balaban J connectivity index is 2.48. The second-order valence-electron chi connectivity index (χ2n) is 3.12. The molecule has 6 heteroatoms. The monoisotopic (exact) mass is 204 g/mol. The predicted molar refractivity (Wildman–Crippen MR) is 57.9 cm³/mol. The smallest absolute Gasteiger partial charge is 0.224 e. The summed E-state index contributed by atoms with van der Waals surface area (Å²) in [6, 6.07) is 3.68. The van der Waals surface area contributed by atoms with Gasteiger partial charge in [0.15, 0.2) is 5.82 Å². The molecule has 0 aliphatic heterocycles. The molecule has 0 fully saturated rings. The van der Waals surface area contributed by atoms with E-state index in [1.54, 1.807) is 17.8 Å².